The van der Waals surface area contributed by atoms with E-state index >= 15 is 0 Å². The van der Waals surface area contributed by atoms with Gasteiger partial charge < -0.3 is 14.8 Å². The predicted molar refractivity (Wildman–Crippen MR) is 72.1 cm³/mol. The van der Waals surface area contributed by atoms with Gasteiger partial charge in [0.1, 0.15) is 6.61 Å². The zero-order chi connectivity index (χ0) is 14.5. The molecule has 0 bridgehead atoms. The molecule has 0 atom stereocenters. The highest BCUT2D eigenvalue weighted by atomic mass is 79.9. The number of hydrogen-bond donors (Lipinski definition) is 1. The third kappa shape index (κ3) is 6.11. The number of ether oxygens (including phenoxy) is 2. The Bertz CT molecular complexity index is 404. The fourth-order valence-electron chi connectivity index (χ4n) is 1.31. The fraction of sp³-hybridized carbons (Fsp3) is 0.455. The van der Waals surface area contributed by atoms with Gasteiger partial charge in [0.2, 0.25) is 0 Å². The van der Waals surface area contributed by atoms with E-state index in [0.717, 1.165) is 5.56 Å². The molecule has 0 heterocycles. The van der Waals surface area contributed by atoms with Crippen LogP contribution in [0, 0.1) is 0 Å². The van der Waals surface area contributed by atoms with Crippen LogP contribution in [0.5, 0.6) is 5.75 Å². The number of rotatable bonds is 6. The van der Waals surface area contributed by atoms with Crippen molar-refractivity contribution in [3.63, 3.8) is 0 Å². The van der Waals surface area contributed by atoms with Gasteiger partial charge in [-0.15, -0.1) is 0 Å². The monoisotopic (exact) mass is 405 g/mol. The van der Waals surface area contributed by atoms with Gasteiger partial charge in [-0.25, -0.2) is 0 Å². The molecular formula is C11H12Br2F3NO2. The summed E-state index contributed by atoms with van der Waals surface area (Å²) in [6.07, 6.45) is -4.35. The summed E-state index contributed by atoms with van der Waals surface area (Å²) < 4.78 is 46.4. The maximum absolute atomic E-state index is 11.9. The standard InChI is InChI=1S/C11H12Br2F3NO2/c1-17-4-7-2-8(12)10(9(13)3-7)19-6-18-5-11(14,15)16/h2-3,17H,4-6H2,1H3. The quantitative estimate of drug-likeness (QED) is 0.575. The molecule has 0 amide bonds. The van der Waals surface area contributed by atoms with Crippen LogP contribution in [-0.4, -0.2) is 26.6 Å². The van der Waals surface area contributed by atoms with Crippen LogP contribution in [0.1, 0.15) is 5.56 Å². The molecule has 0 saturated heterocycles. The van der Waals surface area contributed by atoms with Gasteiger partial charge in [0.25, 0.3) is 0 Å². The smallest absolute Gasteiger partial charge is 0.411 e. The van der Waals surface area contributed by atoms with E-state index in [0.29, 0.717) is 21.2 Å². The van der Waals surface area contributed by atoms with Crippen molar-refractivity contribution < 1.29 is 22.6 Å². The highest BCUT2D eigenvalue weighted by Crippen LogP contribution is 2.34. The maximum atomic E-state index is 11.9. The molecule has 3 nitrogen and oxygen atoms in total. The van der Waals surface area contributed by atoms with Crippen LogP contribution in [-0.2, 0) is 11.3 Å². The Balaban J connectivity index is 2.59. The second kappa shape index (κ2) is 7.47. The first-order chi connectivity index (χ1) is 8.83. The van der Waals surface area contributed by atoms with Gasteiger partial charge in [-0.2, -0.15) is 13.2 Å². The molecule has 0 fully saturated rings. The molecule has 1 N–H and O–H groups in total. The second-order valence-electron chi connectivity index (χ2n) is 3.64. The highest BCUT2D eigenvalue weighted by molar-refractivity contribution is 9.11. The minimum Gasteiger partial charge on any atom is -0.465 e. The van der Waals surface area contributed by atoms with Crippen molar-refractivity contribution in [3.8, 4) is 5.75 Å². The molecule has 0 aliphatic carbocycles. The van der Waals surface area contributed by atoms with Crippen molar-refractivity contribution in [2.45, 2.75) is 12.7 Å². The van der Waals surface area contributed by atoms with Crippen molar-refractivity contribution >= 4 is 31.9 Å². The summed E-state index contributed by atoms with van der Waals surface area (Å²) >= 11 is 6.60. The van der Waals surface area contributed by atoms with E-state index < -0.39 is 19.6 Å². The summed E-state index contributed by atoms with van der Waals surface area (Å²) in [7, 11) is 1.82. The molecule has 1 aromatic rings. The van der Waals surface area contributed by atoms with Crippen LogP contribution in [0.3, 0.4) is 0 Å². The van der Waals surface area contributed by atoms with Crippen molar-refractivity contribution in [1.29, 1.82) is 0 Å². The summed E-state index contributed by atoms with van der Waals surface area (Å²) in [6, 6.07) is 3.64. The summed E-state index contributed by atoms with van der Waals surface area (Å²) in [6.45, 7) is -1.13. The van der Waals surface area contributed by atoms with Crippen LogP contribution in [0.2, 0.25) is 0 Å². The molecule has 0 saturated carbocycles. The number of hydrogen-bond acceptors (Lipinski definition) is 3. The molecule has 8 heteroatoms. The maximum Gasteiger partial charge on any atom is 0.411 e. The first-order valence-corrected chi connectivity index (χ1v) is 6.82. The Hall–Kier alpha value is -0.310. The fourth-order valence-corrected chi connectivity index (χ4v) is 2.82. The lowest BCUT2D eigenvalue weighted by molar-refractivity contribution is -0.186. The van der Waals surface area contributed by atoms with Crippen LogP contribution in [0.4, 0.5) is 13.2 Å². The Morgan fingerprint density at radius 2 is 1.79 bits per heavy atom. The average molecular weight is 407 g/mol. The molecule has 108 valence electrons. The third-order valence-electron chi connectivity index (χ3n) is 1.99. The van der Waals surface area contributed by atoms with Crippen LogP contribution < -0.4 is 10.1 Å². The van der Waals surface area contributed by atoms with E-state index in [4.69, 9.17) is 4.74 Å². The second-order valence-corrected chi connectivity index (χ2v) is 5.35. The number of benzene rings is 1. The molecule has 0 spiro atoms. The van der Waals surface area contributed by atoms with Gasteiger partial charge >= 0.3 is 6.18 Å². The van der Waals surface area contributed by atoms with E-state index in [-0.39, 0.29) is 0 Å². The zero-order valence-corrected chi connectivity index (χ0v) is 13.2. The molecule has 19 heavy (non-hydrogen) atoms. The average Bonchev–Trinajstić information content (AvgIpc) is 2.26. The molecule has 0 radical (unpaired) electrons. The summed E-state index contributed by atoms with van der Waals surface area (Å²) in [5, 5.41) is 2.99. The number of halogens is 5. The minimum absolute atomic E-state index is 0.405. The van der Waals surface area contributed by atoms with Gasteiger partial charge in [0.05, 0.1) is 8.95 Å². The molecule has 1 rings (SSSR count). The highest BCUT2D eigenvalue weighted by Gasteiger charge is 2.27. The molecule has 1 aromatic carbocycles. The van der Waals surface area contributed by atoms with Crippen molar-refractivity contribution in [2.24, 2.45) is 0 Å². The lowest BCUT2D eigenvalue weighted by Crippen LogP contribution is -2.19. The lowest BCUT2D eigenvalue weighted by Gasteiger charge is -2.13. The summed E-state index contributed by atoms with van der Waals surface area (Å²) in [5.74, 6) is 0.405. The van der Waals surface area contributed by atoms with E-state index in [1.54, 1.807) is 0 Å². The van der Waals surface area contributed by atoms with Crippen LogP contribution >= 0.6 is 31.9 Å². The Kier molecular flexibility index (Phi) is 6.58. The van der Waals surface area contributed by atoms with E-state index in [2.05, 4.69) is 41.9 Å². The third-order valence-corrected chi connectivity index (χ3v) is 3.17. The molecule has 0 aliphatic heterocycles. The molecule has 0 aromatic heterocycles. The summed E-state index contributed by atoms with van der Waals surface area (Å²) in [4.78, 5) is 0. The van der Waals surface area contributed by atoms with Gasteiger partial charge in [0.15, 0.2) is 12.5 Å². The Labute approximate surface area is 125 Å². The van der Waals surface area contributed by atoms with E-state index in [1.807, 2.05) is 19.2 Å². The van der Waals surface area contributed by atoms with Gasteiger partial charge in [-0.3, -0.25) is 0 Å². The normalized spacial score (nSPS) is 11.7. The predicted octanol–water partition coefficient (Wildman–Crippen LogP) is 3.85. The number of alkyl halides is 3. The molecular weight excluding hydrogens is 395 g/mol. The minimum atomic E-state index is -4.35. The first kappa shape index (κ1) is 16.7. The van der Waals surface area contributed by atoms with Crippen molar-refractivity contribution in [2.75, 3.05) is 20.4 Å². The topological polar surface area (TPSA) is 30.5 Å². The summed E-state index contributed by atoms with van der Waals surface area (Å²) in [5.41, 5.74) is 1.00. The van der Waals surface area contributed by atoms with Crippen LogP contribution in [0.15, 0.2) is 21.1 Å². The Morgan fingerprint density at radius 1 is 1.21 bits per heavy atom. The van der Waals surface area contributed by atoms with Crippen molar-refractivity contribution in [1.82, 2.24) is 5.32 Å². The van der Waals surface area contributed by atoms with E-state index in [9.17, 15) is 13.2 Å². The van der Waals surface area contributed by atoms with E-state index in [1.165, 1.54) is 0 Å². The molecule has 0 aliphatic rings. The lowest BCUT2D eigenvalue weighted by atomic mass is 10.2. The van der Waals surface area contributed by atoms with Gasteiger partial charge in [0, 0.05) is 6.54 Å². The number of nitrogens with one attached hydrogen (secondary N) is 1. The van der Waals surface area contributed by atoms with Gasteiger partial charge in [-0.05, 0) is 56.6 Å². The first-order valence-electron chi connectivity index (χ1n) is 5.23. The van der Waals surface area contributed by atoms with Crippen LogP contribution in [0.25, 0.3) is 0 Å². The SMILES string of the molecule is CNCc1cc(Br)c(OCOCC(F)(F)F)c(Br)c1. The van der Waals surface area contributed by atoms with Crippen molar-refractivity contribution in [3.05, 3.63) is 26.6 Å². The zero-order valence-electron chi connectivity index (χ0n) is 9.98. The molecule has 0 unspecified atom stereocenters. The van der Waals surface area contributed by atoms with Gasteiger partial charge in [-0.1, -0.05) is 0 Å². The largest absolute Gasteiger partial charge is 0.465 e. The Morgan fingerprint density at radius 3 is 2.26 bits per heavy atom.